The molecule has 0 bridgehead atoms. The number of anilines is 2. The molecule has 1 aliphatic rings. The lowest BCUT2D eigenvalue weighted by atomic mass is 10.0. The van der Waals surface area contributed by atoms with Gasteiger partial charge in [0, 0.05) is 54.7 Å². The van der Waals surface area contributed by atoms with Gasteiger partial charge >= 0.3 is 0 Å². The average Bonchev–Trinajstić information content (AvgIpc) is 3.24. The Morgan fingerprint density at radius 3 is 2.60 bits per heavy atom. The summed E-state index contributed by atoms with van der Waals surface area (Å²) in [5, 5.41) is 4.27. The molecule has 0 saturated carbocycles. The smallest absolute Gasteiger partial charge is 0.143 e. The lowest BCUT2D eigenvalue weighted by Gasteiger charge is -2.30. The summed E-state index contributed by atoms with van der Waals surface area (Å²) in [6.07, 6.45) is 11.1. The predicted molar refractivity (Wildman–Crippen MR) is 117 cm³/mol. The Morgan fingerprint density at radius 2 is 1.83 bits per heavy atom. The molecule has 148 valence electrons. The van der Waals surface area contributed by atoms with Crippen LogP contribution in [0.3, 0.4) is 0 Å². The van der Waals surface area contributed by atoms with Gasteiger partial charge in [0.25, 0.3) is 0 Å². The molecule has 5 rings (SSSR count). The largest absolute Gasteiger partial charge is 0.495 e. The Kier molecular flexibility index (Phi) is 4.48. The second-order valence-electron chi connectivity index (χ2n) is 7.00. The van der Waals surface area contributed by atoms with E-state index in [1.165, 1.54) is 0 Å². The van der Waals surface area contributed by atoms with Crippen LogP contribution in [0.1, 0.15) is 5.56 Å². The molecule has 1 aliphatic heterocycles. The van der Waals surface area contributed by atoms with Gasteiger partial charge in [0.2, 0.25) is 0 Å². The van der Waals surface area contributed by atoms with Crippen molar-refractivity contribution in [2.75, 3.05) is 18.7 Å². The predicted octanol–water partition coefficient (Wildman–Crippen LogP) is 4.08. The zero-order valence-electron chi connectivity index (χ0n) is 16.7. The van der Waals surface area contributed by atoms with Crippen molar-refractivity contribution in [2.45, 2.75) is 0 Å². The fourth-order valence-electron chi connectivity index (χ4n) is 3.72. The molecule has 0 aliphatic carbocycles. The molecule has 4 heterocycles. The van der Waals surface area contributed by atoms with Crippen LogP contribution in [0, 0.1) is 0 Å². The first kappa shape index (κ1) is 18.1. The van der Waals surface area contributed by atoms with Crippen LogP contribution in [0.15, 0.2) is 72.4 Å². The topological polar surface area (TPSA) is 68.4 Å². The van der Waals surface area contributed by atoms with Crippen LogP contribution >= 0.6 is 0 Å². The van der Waals surface area contributed by atoms with E-state index in [4.69, 9.17) is 4.74 Å². The van der Waals surface area contributed by atoms with Crippen LogP contribution in [-0.4, -0.2) is 39.7 Å². The van der Waals surface area contributed by atoms with Gasteiger partial charge in [0.15, 0.2) is 0 Å². The number of hydrogen-bond acceptors (Lipinski definition) is 6. The SMILES string of the molecule is COc1cc(-c2cnn(C)c2)ccc1N1CN=Cc2ccnc(-c3ccncc3)c21. The molecule has 3 aromatic heterocycles. The molecule has 7 nitrogen and oxygen atoms in total. The van der Waals surface area contributed by atoms with Gasteiger partial charge < -0.3 is 9.64 Å². The number of rotatable bonds is 4. The second kappa shape index (κ2) is 7.44. The average molecular weight is 396 g/mol. The Hall–Kier alpha value is -4.00. The van der Waals surface area contributed by atoms with Gasteiger partial charge in [-0.3, -0.25) is 19.6 Å². The minimum absolute atomic E-state index is 0.485. The van der Waals surface area contributed by atoms with E-state index in [1.54, 1.807) is 24.2 Å². The number of benzene rings is 1. The van der Waals surface area contributed by atoms with E-state index in [2.05, 4.69) is 37.1 Å². The Bertz CT molecular complexity index is 1230. The molecule has 4 aromatic rings. The van der Waals surface area contributed by atoms with Crippen LogP contribution in [0.5, 0.6) is 5.75 Å². The Morgan fingerprint density at radius 1 is 0.967 bits per heavy atom. The van der Waals surface area contributed by atoms with E-state index in [9.17, 15) is 0 Å². The van der Waals surface area contributed by atoms with Crippen molar-refractivity contribution >= 4 is 17.6 Å². The highest BCUT2D eigenvalue weighted by molar-refractivity contribution is 5.98. The molecule has 0 atom stereocenters. The molecule has 0 amide bonds. The highest BCUT2D eigenvalue weighted by Crippen LogP contribution is 2.42. The number of fused-ring (bicyclic) bond motifs is 1. The van der Waals surface area contributed by atoms with Gasteiger partial charge in [-0.2, -0.15) is 5.10 Å². The van der Waals surface area contributed by atoms with Crippen molar-refractivity contribution in [3.8, 4) is 28.1 Å². The molecular formula is C23H20N6O. The van der Waals surface area contributed by atoms with Crippen LogP contribution in [-0.2, 0) is 7.05 Å². The van der Waals surface area contributed by atoms with E-state index < -0.39 is 0 Å². The van der Waals surface area contributed by atoms with E-state index in [-0.39, 0.29) is 0 Å². The molecule has 30 heavy (non-hydrogen) atoms. The zero-order valence-corrected chi connectivity index (χ0v) is 16.7. The molecular weight excluding hydrogens is 376 g/mol. The van der Waals surface area contributed by atoms with E-state index in [1.807, 2.05) is 56.1 Å². The van der Waals surface area contributed by atoms with Gasteiger partial charge in [-0.1, -0.05) is 6.07 Å². The number of aliphatic imine (C=N–C) groups is 1. The lowest BCUT2D eigenvalue weighted by molar-refractivity contribution is 0.415. The summed E-state index contributed by atoms with van der Waals surface area (Å²) in [7, 11) is 3.60. The van der Waals surface area contributed by atoms with Gasteiger partial charge in [0.05, 0.1) is 30.4 Å². The molecule has 0 saturated heterocycles. The Labute approximate surface area is 174 Å². The molecule has 7 heteroatoms. The highest BCUT2D eigenvalue weighted by atomic mass is 16.5. The van der Waals surface area contributed by atoms with Crippen molar-refractivity contribution in [3.63, 3.8) is 0 Å². The number of aromatic nitrogens is 4. The fraction of sp³-hybridized carbons (Fsp3) is 0.130. The maximum absolute atomic E-state index is 5.78. The first-order valence-corrected chi connectivity index (χ1v) is 9.58. The van der Waals surface area contributed by atoms with Crippen molar-refractivity contribution in [3.05, 3.63) is 72.9 Å². The summed E-state index contributed by atoms with van der Waals surface area (Å²) in [6, 6.07) is 12.1. The number of pyridine rings is 2. The van der Waals surface area contributed by atoms with Gasteiger partial charge in [-0.25, -0.2) is 0 Å². The van der Waals surface area contributed by atoms with Gasteiger partial charge in [0.1, 0.15) is 12.4 Å². The van der Waals surface area contributed by atoms with Crippen LogP contribution in [0.4, 0.5) is 11.4 Å². The number of hydrogen-bond donors (Lipinski definition) is 0. The zero-order chi connectivity index (χ0) is 20.5. The maximum Gasteiger partial charge on any atom is 0.143 e. The molecule has 0 N–H and O–H groups in total. The monoisotopic (exact) mass is 396 g/mol. The number of aryl methyl sites for hydroxylation is 1. The minimum Gasteiger partial charge on any atom is -0.495 e. The quantitative estimate of drug-likeness (QED) is 0.520. The third-order valence-corrected chi connectivity index (χ3v) is 5.14. The van der Waals surface area contributed by atoms with Crippen molar-refractivity contribution in [1.29, 1.82) is 0 Å². The van der Waals surface area contributed by atoms with Crippen LogP contribution in [0.2, 0.25) is 0 Å². The number of methoxy groups -OCH3 is 1. The Balaban J connectivity index is 1.64. The molecule has 0 fully saturated rings. The molecule has 0 unspecified atom stereocenters. The first-order chi connectivity index (χ1) is 14.7. The lowest BCUT2D eigenvalue weighted by Crippen LogP contribution is -2.23. The van der Waals surface area contributed by atoms with E-state index >= 15 is 0 Å². The summed E-state index contributed by atoms with van der Waals surface area (Å²) >= 11 is 0. The molecule has 0 radical (unpaired) electrons. The summed E-state index contributed by atoms with van der Waals surface area (Å²) in [6.45, 7) is 0.485. The van der Waals surface area contributed by atoms with Crippen molar-refractivity contribution < 1.29 is 4.74 Å². The second-order valence-corrected chi connectivity index (χ2v) is 7.00. The summed E-state index contributed by atoms with van der Waals surface area (Å²) in [4.78, 5) is 15.5. The van der Waals surface area contributed by atoms with Crippen LogP contribution in [0.25, 0.3) is 22.4 Å². The standard InChI is InChI=1S/C23H20N6O/c1-28-14-19(13-27-28)17-3-4-20(21(11-17)30-2)29-15-25-12-18-7-10-26-22(23(18)29)16-5-8-24-9-6-16/h3-14H,15H2,1-2H3. The van der Waals surface area contributed by atoms with Gasteiger partial charge in [-0.15, -0.1) is 0 Å². The van der Waals surface area contributed by atoms with E-state index in [0.717, 1.165) is 45.1 Å². The fourth-order valence-corrected chi connectivity index (χ4v) is 3.72. The third-order valence-electron chi connectivity index (χ3n) is 5.14. The summed E-state index contributed by atoms with van der Waals surface area (Å²) in [5.74, 6) is 0.768. The van der Waals surface area contributed by atoms with Gasteiger partial charge in [-0.05, 0) is 35.9 Å². The highest BCUT2D eigenvalue weighted by Gasteiger charge is 2.24. The maximum atomic E-state index is 5.78. The third kappa shape index (κ3) is 3.10. The molecule has 1 aromatic carbocycles. The minimum atomic E-state index is 0.485. The first-order valence-electron chi connectivity index (χ1n) is 9.58. The summed E-state index contributed by atoms with van der Waals surface area (Å²) < 4.78 is 7.57. The normalized spacial score (nSPS) is 12.7. The van der Waals surface area contributed by atoms with Crippen molar-refractivity contribution in [2.24, 2.45) is 12.0 Å². The molecule has 0 spiro atoms. The summed E-state index contributed by atoms with van der Waals surface area (Å²) in [5.41, 5.74) is 6.94. The van der Waals surface area contributed by atoms with Crippen LogP contribution < -0.4 is 9.64 Å². The number of nitrogens with zero attached hydrogens (tertiary/aromatic N) is 6. The van der Waals surface area contributed by atoms with E-state index in [0.29, 0.717) is 6.67 Å². The number of ether oxygens (including phenoxy) is 1. The van der Waals surface area contributed by atoms with Crippen molar-refractivity contribution in [1.82, 2.24) is 19.7 Å².